The van der Waals surface area contributed by atoms with E-state index in [-0.39, 0.29) is 24.2 Å². The Morgan fingerprint density at radius 2 is 1.96 bits per heavy atom. The fraction of sp³-hybridized carbons (Fsp3) is 0.323. The number of benzene rings is 1. The average Bonchev–Trinajstić information content (AvgIpc) is 3.64. The van der Waals surface area contributed by atoms with Crippen LogP contribution in [0.3, 0.4) is 0 Å². The third-order valence-corrected chi connectivity index (χ3v) is 8.21. The lowest BCUT2D eigenvalue weighted by Crippen LogP contribution is -2.33. The third kappa shape index (κ3) is 6.46. The molecule has 1 saturated heterocycles. The minimum absolute atomic E-state index is 0.0308. The zero-order valence-corrected chi connectivity index (χ0v) is 25.0. The first-order chi connectivity index (χ1) is 22.2. The minimum Gasteiger partial charge on any atom is -0.473 e. The largest absolute Gasteiger partial charge is 0.473 e. The van der Waals surface area contributed by atoms with Gasteiger partial charge in [-0.1, -0.05) is 29.8 Å². The molecule has 1 fully saturated rings. The van der Waals surface area contributed by atoms with Crippen molar-refractivity contribution in [1.82, 2.24) is 39.6 Å². The van der Waals surface area contributed by atoms with Gasteiger partial charge in [-0.25, -0.2) is 19.3 Å². The second kappa shape index (κ2) is 12.4. The minimum atomic E-state index is -4.64. The Balaban J connectivity index is 1.06. The fourth-order valence-electron chi connectivity index (χ4n) is 5.41. The number of H-pyrrole nitrogens is 1. The van der Waals surface area contributed by atoms with Gasteiger partial charge in [-0.3, -0.25) is 15.0 Å². The zero-order chi connectivity index (χ0) is 31.8. The number of nitrogens with one attached hydrogen (secondary N) is 1. The summed E-state index contributed by atoms with van der Waals surface area (Å²) in [6, 6.07) is 11.6. The number of hydrogen-bond donors (Lipinski definition) is 1. The van der Waals surface area contributed by atoms with Crippen molar-refractivity contribution in [3.8, 4) is 17.4 Å². The molecule has 238 valence electrons. The Labute approximate surface area is 265 Å². The number of aromatic amines is 1. The summed E-state index contributed by atoms with van der Waals surface area (Å²) in [6.07, 6.45) is 0.815. The summed E-state index contributed by atoms with van der Waals surface area (Å²) in [4.78, 5) is 19.7. The van der Waals surface area contributed by atoms with Crippen molar-refractivity contribution in [2.24, 2.45) is 0 Å². The maximum atomic E-state index is 14.2. The predicted molar refractivity (Wildman–Crippen MR) is 160 cm³/mol. The number of rotatable bonds is 9. The molecule has 46 heavy (non-hydrogen) atoms. The Morgan fingerprint density at radius 3 is 2.67 bits per heavy atom. The maximum Gasteiger partial charge on any atom is 0.451 e. The molecule has 6 heterocycles. The van der Waals surface area contributed by atoms with Crippen molar-refractivity contribution in [2.75, 3.05) is 19.7 Å². The van der Waals surface area contributed by atoms with Crippen molar-refractivity contribution in [2.45, 2.75) is 44.8 Å². The molecule has 2 aliphatic rings. The number of fused-ring (bicyclic) bond motifs is 1. The number of imidazole rings is 1. The summed E-state index contributed by atoms with van der Waals surface area (Å²) in [6.45, 7) is 3.28. The lowest BCUT2D eigenvalue weighted by atomic mass is 10.0. The van der Waals surface area contributed by atoms with Crippen molar-refractivity contribution < 1.29 is 27.0 Å². The van der Waals surface area contributed by atoms with Crippen LogP contribution in [0.4, 0.5) is 17.6 Å². The van der Waals surface area contributed by atoms with Crippen molar-refractivity contribution in [1.29, 1.82) is 0 Å². The Bertz CT molecular complexity index is 1920. The molecule has 0 radical (unpaired) electrons. The molecule has 7 rings (SSSR count). The van der Waals surface area contributed by atoms with Crippen LogP contribution in [-0.4, -0.2) is 65.4 Å². The first kappa shape index (κ1) is 30.3. The molecule has 0 saturated carbocycles. The quantitative estimate of drug-likeness (QED) is 0.191. The molecular formula is C31H27ClF4N8O2. The molecule has 0 spiro atoms. The highest BCUT2D eigenvalue weighted by molar-refractivity contribution is 6.30. The lowest BCUT2D eigenvalue weighted by Gasteiger charge is -2.29. The van der Waals surface area contributed by atoms with Gasteiger partial charge in [0.15, 0.2) is 5.82 Å². The van der Waals surface area contributed by atoms with E-state index < -0.39 is 17.8 Å². The van der Waals surface area contributed by atoms with Crippen LogP contribution in [-0.2, 0) is 30.6 Å². The van der Waals surface area contributed by atoms with E-state index in [9.17, 15) is 17.6 Å². The van der Waals surface area contributed by atoms with Crippen LogP contribution in [0.2, 0.25) is 5.02 Å². The van der Waals surface area contributed by atoms with Crippen molar-refractivity contribution in [3.05, 3.63) is 88.5 Å². The number of nitrogens with zero attached hydrogens (tertiary/aromatic N) is 7. The molecule has 1 aromatic carbocycles. The molecule has 0 aliphatic carbocycles. The smallest absolute Gasteiger partial charge is 0.451 e. The van der Waals surface area contributed by atoms with Crippen LogP contribution in [0, 0.1) is 5.82 Å². The van der Waals surface area contributed by atoms with E-state index in [0.29, 0.717) is 48.2 Å². The monoisotopic (exact) mass is 654 g/mol. The van der Waals surface area contributed by atoms with E-state index in [1.165, 1.54) is 6.07 Å². The van der Waals surface area contributed by atoms with Crippen LogP contribution >= 0.6 is 11.6 Å². The second-order valence-electron chi connectivity index (χ2n) is 11.1. The molecule has 2 aliphatic heterocycles. The van der Waals surface area contributed by atoms with Gasteiger partial charge in [0.1, 0.15) is 23.9 Å². The van der Waals surface area contributed by atoms with Crippen LogP contribution < -0.4 is 4.74 Å². The molecule has 0 bridgehead atoms. The number of pyridine rings is 2. The van der Waals surface area contributed by atoms with Crippen molar-refractivity contribution in [3.63, 3.8) is 0 Å². The Hall–Kier alpha value is -4.40. The SMILES string of the molecule is Fc1cc(Cl)ccc1COc1cccc(C2=CCN(Cc3nc4cc(-c5n[nH]c(C(F)(F)F)n5)ncc4n3CC3CCO3)CC2)n1. The zero-order valence-electron chi connectivity index (χ0n) is 24.3. The summed E-state index contributed by atoms with van der Waals surface area (Å²) in [7, 11) is 0. The number of aromatic nitrogens is 7. The lowest BCUT2D eigenvalue weighted by molar-refractivity contribution is -0.144. The van der Waals surface area contributed by atoms with Gasteiger partial charge < -0.3 is 14.0 Å². The summed E-state index contributed by atoms with van der Waals surface area (Å²) in [5, 5.41) is 5.95. The number of ether oxygens (including phenoxy) is 2. The normalized spacial score (nSPS) is 17.2. The van der Waals surface area contributed by atoms with E-state index in [1.807, 2.05) is 17.2 Å². The van der Waals surface area contributed by atoms with Crippen LogP contribution in [0.1, 0.15) is 35.7 Å². The molecule has 1 atom stereocenters. The molecule has 5 aromatic rings. The molecule has 4 aromatic heterocycles. The number of halogens is 5. The van der Waals surface area contributed by atoms with Crippen LogP contribution in [0.15, 0.2) is 54.7 Å². The van der Waals surface area contributed by atoms with Gasteiger partial charge in [-0.2, -0.15) is 18.3 Å². The second-order valence-corrected chi connectivity index (χ2v) is 11.5. The van der Waals surface area contributed by atoms with E-state index in [0.717, 1.165) is 42.0 Å². The standard InChI is InChI=1S/C31H27ClF4N8O2/c32-20-5-4-19(22(33)12-20)17-46-28-3-1-2-23(39-28)18-6-9-43(10-7-18)16-27-38-24-13-25(29-40-30(42-41-29)31(34,35)36)37-14-26(24)44(27)15-21-8-11-45-21/h1-6,12-14,21H,7-11,15-17H2,(H,40,41,42). The van der Waals surface area contributed by atoms with E-state index in [4.69, 9.17) is 26.1 Å². The van der Waals surface area contributed by atoms with Gasteiger partial charge in [0, 0.05) is 36.3 Å². The fourth-order valence-corrected chi connectivity index (χ4v) is 5.57. The van der Waals surface area contributed by atoms with E-state index in [2.05, 4.69) is 35.6 Å². The van der Waals surface area contributed by atoms with Gasteiger partial charge in [-0.15, -0.1) is 0 Å². The van der Waals surface area contributed by atoms with Gasteiger partial charge in [-0.05, 0) is 42.7 Å². The van der Waals surface area contributed by atoms with E-state index in [1.54, 1.807) is 30.5 Å². The van der Waals surface area contributed by atoms with Crippen LogP contribution in [0.5, 0.6) is 5.88 Å². The Kier molecular flexibility index (Phi) is 8.17. The molecule has 0 amide bonds. The average molecular weight is 655 g/mol. The van der Waals surface area contributed by atoms with Gasteiger partial charge in [0.2, 0.25) is 11.7 Å². The maximum absolute atomic E-state index is 14.2. The summed E-state index contributed by atoms with van der Waals surface area (Å²) >= 11 is 5.84. The number of alkyl halides is 3. The van der Waals surface area contributed by atoms with E-state index >= 15 is 0 Å². The predicted octanol–water partition coefficient (Wildman–Crippen LogP) is 6.08. The summed E-state index contributed by atoms with van der Waals surface area (Å²) < 4.78 is 66.8. The van der Waals surface area contributed by atoms with Crippen LogP contribution in [0.25, 0.3) is 28.1 Å². The highest BCUT2D eigenvalue weighted by Gasteiger charge is 2.35. The number of hydrogen-bond acceptors (Lipinski definition) is 8. The topological polar surface area (TPSA) is 107 Å². The molecule has 10 nitrogen and oxygen atoms in total. The highest BCUT2D eigenvalue weighted by atomic mass is 35.5. The summed E-state index contributed by atoms with van der Waals surface area (Å²) in [5.74, 6) is -0.567. The third-order valence-electron chi connectivity index (χ3n) is 7.98. The first-order valence-electron chi connectivity index (χ1n) is 14.6. The highest BCUT2D eigenvalue weighted by Crippen LogP contribution is 2.29. The van der Waals surface area contributed by atoms with Gasteiger partial charge >= 0.3 is 6.18 Å². The molecular weight excluding hydrogens is 628 g/mol. The first-order valence-corrected chi connectivity index (χ1v) is 15.0. The van der Waals surface area contributed by atoms with Gasteiger partial charge in [0.25, 0.3) is 0 Å². The molecule has 15 heteroatoms. The summed E-state index contributed by atoms with van der Waals surface area (Å²) in [5.41, 5.74) is 3.80. The Morgan fingerprint density at radius 1 is 1.09 bits per heavy atom. The van der Waals surface area contributed by atoms with Gasteiger partial charge in [0.05, 0.1) is 42.1 Å². The van der Waals surface area contributed by atoms with Crippen molar-refractivity contribution >= 4 is 28.2 Å². The molecule has 1 unspecified atom stereocenters. The molecule has 1 N–H and O–H groups in total.